The zero-order chi connectivity index (χ0) is 12.2. The highest BCUT2D eigenvalue weighted by molar-refractivity contribution is 14.1. The Bertz CT molecular complexity index is 537. The van der Waals surface area contributed by atoms with E-state index in [1.54, 1.807) is 18.2 Å². The van der Waals surface area contributed by atoms with Crippen LogP contribution < -0.4 is 0 Å². The molecule has 0 spiro atoms. The van der Waals surface area contributed by atoms with Gasteiger partial charge in [0.25, 0.3) is 10.1 Å². The van der Waals surface area contributed by atoms with E-state index in [1.165, 1.54) is 0 Å². The van der Waals surface area contributed by atoms with Crippen LogP contribution in [0.5, 0.6) is 0 Å². The smallest absolute Gasteiger partial charge is 0.264 e. The van der Waals surface area contributed by atoms with Crippen LogP contribution in [0.15, 0.2) is 23.3 Å². The fourth-order valence-corrected chi connectivity index (χ4v) is 1.88. The van der Waals surface area contributed by atoms with Gasteiger partial charge < -0.3 is 0 Å². The summed E-state index contributed by atoms with van der Waals surface area (Å²) in [6.45, 7) is -0.135. The number of hydrogen-bond acceptors (Lipinski definition) is 4. The quantitative estimate of drug-likeness (QED) is 0.274. The highest BCUT2D eigenvalue weighted by Gasteiger charge is 2.06. The molecule has 0 aliphatic rings. The van der Waals surface area contributed by atoms with Gasteiger partial charge in [-0.3, -0.25) is 4.18 Å². The van der Waals surface area contributed by atoms with Crippen LogP contribution in [0.25, 0.3) is 10.4 Å². The number of rotatable bonds is 4. The molecule has 0 aliphatic heterocycles. The van der Waals surface area contributed by atoms with Gasteiger partial charge in [0.1, 0.15) is 0 Å². The summed E-state index contributed by atoms with van der Waals surface area (Å²) >= 11 is 2.07. The normalized spacial score (nSPS) is 10.9. The minimum atomic E-state index is -3.50. The van der Waals surface area contributed by atoms with Crippen molar-refractivity contribution >= 4 is 38.4 Å². The molecule has 8 heteroatoms. The number of azide groups is 1. The van der Waals surface area contributed by atoms with Crippen LogP contribution in [0.1, 0.15) is 5.56 Å². The Labute approximate surface area is 107 Å². The Kier molecular flexibility index (Phi) is 4.54. The van der Waals surface area contributed by atoms with Crippen molar-refractivity contribution in [3.8, 4) is 0 Å². The van der Waals surface area contributed by atoms with Crippen molar-refractivity contribution in [1.29, 1.82) is 0 Å². The number of halogens is 1. The van der Waals surface area contributed by atoms with Gasteiger partial charge >= 0.3 is 0 Å². The molecule has 0 bridgehead atoms. The summed E-state index contributed by atoms with van der Waals surface area (Å²) in [5, 5.41) is 3.45. The molecule has 0 heterocycles. The molecule has 0 aliphatic carbocycles. The molecule has 6 nitrogen and oxygen atoms in total. The van der Waals surface area contributed by atoms with Crippen molar-refractivity contribution in [2.24, 2.45) is 5.11 Å². The Morgan fingerprint density at radius 3 is 2.81 bits per heavy atom. The predicted molar refractivity (Wildman–Crippen MR) is 67.6 cm³/mol. The third-order valence-corrected chi connectivity index (χ3v) is 2.84. The minimum absolute atomic E-state index is 0.135. The fraction of sp³-hybridized carbons (Fsp3) is 0.250. The van der Waals surface area contributed by atoms with Crippen molar-refractivity contribution < 1.29 is 12.6 Å². The summed E-state index contributed by atoms with van der Waals surface area (Å²) in [7, 11) is -3.50. The topological polar surface area (TPSA) is 92.1 Å². The lowest BCUT2D eigenvalue weighted by Crippen LogP contribution is -2.02. The van der Waals surface area contributed by atoms with Crippen LogP contribution in [0.2, 0.25) is 0 Å². The molecular formula is C8H8IN3O3S. The first-order valence-corrected chi connectivity index (χ1v) is 7.00. The van der Waals surface area contributed by atoms with Crippen LogP contribution in [-0.2, 0) is 20.9 Å². The van der Waals surface area contributed by atoms with E-state index in [0.29, 0.717) is 11.3 Å². The second-order valence-corrected chi connectivity index (χ2v) is 5.82. The number of benzene rings is 1. The van der Waals surface area contributed by atoms with Crippen molar-refractivity contribution in [2.75, 3.05) is 6.26 Å². The van der Waals surface area contributed by atoms with E-state index in [4.69, 9.17) is 5.53 Å². The van der Waals surface area contributed by atoms with E-state index in [0.717, 1.165) is 9.83 Å². The average molecular weight is 353 g/mol. The first-order chi connectivity index (χ1) is 7.42. The second-order valence-electron chi connectivity index (χ2n) is 2.93. The molecule has 1 aromatic carbocycles. The van der Waals surface area contributed by atoms with Crippen LogP contribution in [-0.4, -0.2) is 14.7 Å². The van der Waals surface area contributed by atoms with E-state index < -0.39 is 10.1 Å². The van der Waals surface area contributed by atoms with E-state index in [9.17, 15) is 8.42 Å². The third-order valence-electron chi connectivity index (χ3n) is 1.62. The number of nitrogens with zero attached hydrogens (tertiary/aromatic N) is 3. The maximum absolute atomic E-state index is 10.8. The van der Waals surface area contributed by atoms with Gasteiger partial charge in [-0.2, -0.15) is 8.42 Å². The van der Waals surface area contributed by atoms with Crippen LogP contribution in [0.3, 0.4) is 0 Å². The first kappa shape index (κ1) is 13.2. The largest absolute Gasteiger partial charge is 0.265 e. The van der Waals surface area contributed by atoms with Crippen molar-refractivity contribution in [3.63, 3.8) is 0 Å². The van der Waals surface area contributed by atoms with E-state index in [-0.39, 0.29) is 6.61 Å². The summed E-state index contributed by atoms with van der Waals surface area (Å²) in [6.07, 6.45) is 0.966. The lowest BCUT2D eigenvalue weighted by Gasteiger charge is -2.05. The summed E-state index contributed by atoms with van der Waals surface area (Å²) in [5.74, 6) is 0. The zero-order valence-electron chi connectivity index (χ0n) is 8.29. The maximum atomic E-state index is 10.8. The molecule has 16 heavy (non-hydrogen) atoms. The monoisotopic (exact) mass is 353 g/mol. The van der Waals surface area contributed by atoms with Crippen molar-refractivity contribution in [2.45, 2.75) is 6.61 Å². The Balaban J connectivity index is 3.01. The molecule has 0 saturated carbocycles. The number of hydrogen-bond donors (Lipinski definition) is 0. The SMILES string of the molecule is CS(=O)(=O)OCc1cc(I)ccc1N=[N+]=[N-]. The molecule has 0 N–H and O–H groups in total. The lowest BCUT2D eigenvalue weighted by atomic mass is 10.2. The summed E-state index contributed by atoms with van der Waals surface area (Å²) in [4.78, 5) is 2.66. The van der Waals surface area contributed by atoms with Gasteiger partial charge in [-0.1, -0.05) is 11.2 Å². The predicted octanol–water partition coefficient (Wildman–Crippen LogP) is 2.71. The molecule has 1 aromatic rings. The molecular weight excluding hydrogens is 345 g/mol. The van der Waals surface area contributed by atoms with Gasteiger partial charge in [-0.05, 0) is 45.8 Å². The molecule has 0 saturated heterocycles. The summed E-state index contributed by atoms with van der Waals surface area (Å²) in [6, 6.07) is 5.08. The summed E-state index contributed by atoms with van der Waals surface area (Å²) in [5.41, 5.74) is 9.24. The van der Waals surface area contributed by atoms with E-state index in [1.807, 2.05) is 0 Å². The highest BCUT2D eigenvalue weighted by atomic mass is 127. The molecule has 0 amide bonds. The Morgan fingerprint density at radius 2 is 2.25 bits per heavy atom. The second kappa shape index (κ2) is 5.48. The fourth-order valence-electron chi connectivity index (χ4n) is 0.986. The Hall–Kier alpha value is -0.830. The van der Waals surface area contributed by atoms with Crippen LogP contribution in [0, 0.1) is 3.57 Å². The molecule has 0 unspecified atom stereocenters. The Morgan fingerprint density at radius 1 is 1.56 bits per heavy atom. The van der Waals surface area contributed by atoms with Gasteiger partial charge in [0.15, 0.2) is 0 Å². The maximum Gasteiger partial charge on any atom is 0.264 e. The molecule has 1 rings (SSSR count). The van der Waals surface area contributed by atoms with E-state index in [2.05, 4.69) is 36.8 Å². The molecule has 0 radical (unpaired) electrons. The summed E-state index contributed by atoms with van der Waals surface area (Å²) < 4.78 is 27.2. The van der Waals surface area contributed by atoms with Crippen molar-refractivity contribution in [1.82, 2.24) is 0 Å². The molecule has 0 aromatic heterocycles. The van der Waals surface area contributed by atoms with Crippen molar-refractivity contribution in [3.05, 3.63) is 37.8 Å². The molecule has 0 fully saturated rings. The van der Waals surface area contributed by atoms with Gasteiger partial charge in [-0.25, -0.2) is 0 Å². The average Bonchev–Trinajstić information content (AvgIpc) is 2.17. The van der Waals surface area contributed by atoms with Gasteiger partial charge in [0.2, 0.25) is 0 Å². The van der Waals surface area contributed by atoms with Gasteiger partial charge in [0.05, 0.1) is 12.9 Å². The third kappa shape index (κ3) is 4.35. The van der Waals surface area contributed by atoms with Gasteiger partial charge in [0, 0.05) is 14.2 Å². The standard InChI is InChI=1S/C8H8IN3O3S/c1-16(13,14)15-5-6-4-7(9)2-3-8(6)11-12-10/h2-4H,5H2,1H3. The highest BCUT2D eigenvalue weighted by Crippen LogP contribution is 2.23. The lowest BCUT2D eigenvalue weighted by molar-refractivity contribution is 0.312. The van der Waals surface area contributed by atoms with Crippen LogP contribution in [0.4, 0.5) is 5.69 Å². The molecule has 0 atom stereocenters. The molecule has 86 valence electrons. The first-order valence-electron chi connectivity index (χ1n) is 4.10. The van der Waals surface area contributed by atoms with E-state index >= 15 is 0 Å². The van der Waals surface area contributed by atoms with Gasteiger partial charge in [-0.15, -0.1) is 0 Å². The minimum Gasteiger partial charge on any atom is -0.265 e. The zero-order valence-corrected chi connectivity index (χ0v) is 11.3. The van der Waals surface area contributed by atoms with Crippen LogP contribution >= 0.6 is 22.6 Å².